The van der Waals surface area contributed by atoms with Crippen molar-refractivity contribution in [2.24, 2.45) is 5.92 Å². The molecule has 21 heavy (non-hydrogen) atoms. The molecule has 1 aromatic heterocycles. The Morgan fingerprint density at radius 2 is 2.00 bits per heavy atom. The van der Waals surface area contributed by atoms with Gasteiger partial charge in [0.2, 0.25) is 0 Å². The number of carbonyl (C=O) groups excluding carboxylic acids is 1. The molecule has 118 valence electrons. The van der Waals surface area contributed by atoms with Crippen molar-refractivity contribution in [2.75, 3.05) is 17.3 Å². The molecule has 0 aliphatic heterocycles. The number of thioether (sulfide) groups is 1. The minimum atomic E-state index is -0.158. The van der Waals surface area contributed by atoms with Crippen LogP contribution in [0.2, 0.25) is 0 Å². The molecule has 0 bridgehead atoms. The first kappa shape index (κ1) is 16.6. The molecule has 0 radical (unpaired) electrons. The van der Waals surface area contributed by atoms with Crippen LogP contribution in [0.3, 0.4) is 0 Å². The number of anilines is 2. The maximum atomic E-state index is 12.2. The van der Waals surface area contributed by atoms with Gasteiger partial charge in [0.05, 0.1) is 21.6 Å². The number of hydrogen-bond donors (Lipinski definition) is 3. The Morgan fingerprint density at radius 3 is 2.52 bits per heavy atom. The molecular weight excluding hydrogens is 304 g/mol. The Kier molecular flexibility index (Phi) is 5.57. The second-order valence-electron chi connectivity index (χ2n) is 5.88. The van der Waals surface area contributed by atoms with Crippen LogP contribution in [0.5, 0.6) is 0 Å². The minimum Gasteiger partial charge on any atom is -0.396 e. The van der Waals surface area contributed by atoms with Gasteiger partial charge in [-0.2, -0.15) is 0 Å². The lowest BCUT2D eigenvalue weighted by atomic mass is 9.93. The van der Waals surface area contributed by atoms with Gasteiger partial charge in [-0.3, -0.25) is 4.79 Å². The Labute approximate surface area is 134 Å². The summed E-state index contributed by atoms with van der Waals surface area (Å²) in [4.78, 5) is 13.9. The standard InChI is InChI=1S/C15H24N2O2S2/c1-8(2)12(19)13-11(16)14(20-3)15(21-13)17-9-4-6-10(18)7-5-9/h8-10,17-18H,4-7,16H2,1-3H3. The van der Waals surface area contributed by atoms with Crippen molar-refractivity contribution in [3.05, 3.63) is 4.88 Å². The van der Waals surface area contributed by atoms with Gasteiger partial charge in [-0.15, -0.1) is 23.1 Å². The van der Waals surface area contributed by atoms with E-state index in [0.717, 1.165) is 35.6 Å². The van der Waals surface area contributed by atoms with Crippen molar-refractivity contribution in [1.82, 2.24) is 0 Å². The summed E-state index contributed by atoms with van der Waals surface area (Å²) in [6.07, 6.45) is 5.42. The van der Waals surface area contributed by atoms with E-state index in [2.05, 4.69) is 5.32 Å². The molecule has 0 spiro atoms. The molecule has 0 unspecified atom stereocenters. The summed E-state index contributed by atoms with van der Waals surface area (Å²) >= 11 is 3.06. The highest BCUT2D eigenvalue weighted by molar-refractivity contribution is 7.99. The summed E-state index contributed by atoms with van der Waals surface area (Å²) in [5, 5.41) is 14.1. The molecule has 0 amide bonds. The van der Waals surface area contributed by atoms with Gasteiger partial charge >= 0.3 is 0 Å². The average Bonchev–Trinajstić information content (AvgIpc) is 2.76. The molecule has 1 heterocycles. The van der Waals surface area contributed by atoms with Gasteiger partial charge < -0.3 is 16.2 Å². The summed E-state index contributed by atoms with van der Waals surface area (Å²) in [5.74, 6) is 0.0678. The number of aliphatic hydroxyl groups is 1. The van der Waals surface area contributed by atoms with E-state index in [-0.39, 0.29) is 17.8 Å². The van der Waals surface area contributed by atoms with Gasteiger partial charge in [0, 0.05) is 12.0 Å². The van der Waals surface area contributed by atoms with Gasteiger partial charge in [-0.05, 0) is 31.9 Å². The van der Waals surface area contributed by atoms with Crippen LogP contribution in [0.1, 0.15) is 49.2 Å². The first-order valence-electron chi connectivity index (χ1n) is 7.39. The van der Waals surface area contributed by atoms with Crippen molar-refractivity contribution in [1.29, 1.82) is 0 Å². The van der Waals surface area contributed by atoms with E-state index >= 15 is 0 Å². The summed E-state index contributed by atoms with van der Waals surface area (Å²) in [6, 6.07) is 0.361. The number of nitrogens with one attached hydrogen (secondary N) is 1. The van der Waals surface area contributed by atoms with E-state index in [1.54, 1.807) is 11.8 Å². The smallest absolute Gasteiger partial charge is 0.177 e. The molecule has 1 aliphatic rings. The molecule has 1 fully saturated rings. The SMILES string of the molecule is CSc1c(NC2CCC(O)CC2)sc(C(=O)C(C)C)c1N. The first-order chi connectivity index (χ1) is 9.93. The lowest BCUT2D eigenvalue weighted by Crippen LogP contribution is -2.28. The van der Waals surface area contributed by atoms with Crippen LogP contribution in [0, 0.1) is 5.92 Å². The number of Topliss-reactive ketones (excluding diaryl/α,β-unsaturated/α-hetero) is 1. The second-order valence-corrected chi connectivity index (χ2v) is 7.71. The van der Waals surface area contributed by atoms with Gasteiger partial charge in [-0.25, -0.2) is 0 Å². The number of thiophene rings is 1. The molecule has 6 heteroatoms. The number of nitrogens with two attached hydrogens (primary N) is 1. The van der Waals surface area contributed by atoms with Crippen molar-refractivity contribution in [3.8, 4) is 0 Å². The van der Waals surface area contributed by atoms with E-state index in [9.17, 15) is 9.90 Å². The van der Waals surface area contributed by atoms with Crippen LogP contribution in [-0.4, -0.2) is 29.3 Å². The number of rotatable bonds is 5. The third-order valence-electron chi connectivity index (χ3n) is 3.88. The predicted molar refractivity (Wildman–Crippen MR) is 91.6 cm³/mol. The Balaban J connectivity index is 2.19. The number of nitrogen functional groups attached to an aromatic ring is 1. The number of hydrogen-bond acceptors (Lipinski definition) is 6. The molecule has 1 aromatic rings. The van der Waals surface area contributed by atoms with Gasteiger partial charge in [0.25, 0.3) is 0 Å². The maximum absolute atomic E-state index is 12.2. The van der Waals surface area contributed by atoms with Gasteiger partial charge in [0.15, 0.2) is 5.78 Å². The number of carbonyl (C=O) groups is 1. The molecule has 0 aromatic carbocycles. The van der Waals surface area contributed by atoms with Crippen LogP contribution in [0.15, 0.2) is 4.90 Å². The number of aliphatic hydroxyl groups excluding tert-OH is 1. The molecule has 1 aliphatic carbocycles. The highest BCUT2D eigenvalue weighted by atomic mass is 32.2. The quantitative estimate of drug-likeness (QED) is 0.569. The van der Waals surface area contributed by atoms with Gasteiger partial charge in [-0.1, -0.05) is 13.8 Å². The van der Waals surface area contributed by atoms with Crippen LogP contribution in [0.25, 0.3) is 0 Å². The highest BCUT2D eigenvalue weighted by Gasteiger charge is 2.25. The van der Waals surface area contributed by atoms with E-state index < -0.39 is 0 Å². The first-order valence-corrected chi connectivity index (χ1v) is 9.43. The zero-order valence-electron chi connectivity index (χ0n) is 12.8. The minimum absolute atomic E-state index is 0.0432. The van der Waals surface area contributed by atoms with Crippen molar-refractivity contribution in [3.63, 3.8) is 0 Å². The molecular formula is C15H24N2O2S2. The van der Waals surface area contributed by atoms with Crippen LogP contribution in [0.4, 0.5) is 10.7 Å². The summed E-state index contributed by atoms with van der Waals surface area (Å²) in [5.41, 5.74) is 6.78. The molecule has 4 nitrogen and oxygen atoms in total. The zero-order chi connectivity index (χ0) is 15.6. The largest absolute Gasteiger partial charge is 0.396 e. The third-order valence-corrected chi connectivity index (χ3v) is 6.00. The monoisotopic (exact) mass is 328 g/mol. The second kappa shape index (κ2) is 7.03. The summed E-state index contributed by atoms with van der Waals surface area (Å²) < 4.78 is 0. The summed E-state index contributed by atoms with van der Waals surface area (Å²) in [7, 11) is 0. The fraction of sp³-hybridized carbons (Fsp3) is 0.667. The van der Waals surface area contributed by atoms with Crippen molar-refractivity contribution >= 4 is 39.6 Å². The fourth-order valence-electron chi connectivity index (χ4n) is 2.58. The number of ketones is 1. The van der Waals surface area contributed by atoms with Crippen molar-refractivity contribution < 1.29 is 9.90 Å². The highest BCUT2D eigenvalue weighted by Crippen LogP contribution is 2.43. The molecule has 0 atom stereocenters. The molecule has 0 saturated heterocycles. The molecule has 2 rings (SSSR count). The topological polar surface area (TPSA) is 75.3 Å². The molecule has 4 N–H and O–H groups in total. The Morgan fingerprint density at radius 1 is 1.38 bits per heavy atom. The van der Waals surface area contributed by atoms with E-state index in [4.69, 9.17) is 5.73 Å². The fourth-order valence-corrected chi connectivity index (χ4v) is 4.76. The normalized spacial score (nSPS) is 22.5. The van der Waals surface area contributed by atoms with Crippen molar-refractivity contribution in [2.45, 2.75) is 56.6 Å². The van der Waals surface area contributed by atoms with Crippen LogP contribution < -0.4 is 11.1 Å². The average molecular weight is 329 g/mol. The lowest BCUT2D eigenvalue weighted by molar-refractivity contribution is 0.0944. The Hall–Kier alpha value is -0.720. The van der Waals surface area contributed by atoms with E-state index in [0.29, 0.717) is 16.6 Å². The van der Waals surface area contributed by atoms with Gasteiger partial charge in [0.1, 0.15) is 5.00 Å². The lowest BCUT2D eigenvalue weighted by Gasteiger charge is -2.26. The Bertz CT molecular complexity index is 506. The predicted octanol–water partition coefficient (Wildman–Crippen LogP) is 3.61. The van der Waals surface area contributed by atoms with E-state index in [1.807, 2.05) is 20.1 Å². The van der Waals surface area contributed by atoms with Crippen LogP contribution in [-0.2, 0) is 0 Å². The van der Waals surface area contributed by atoms with E-state index in [1.165, 1.54) is 11.3 Å². The third kappa shape index (κ3) is 3.73. The molecule has 1 saturated carbocycles. The van der Waals surface area contributed by atoms with Crippen LogP contribution >= 0.6 is 23.1 Å². The maximum Gasteiger partial charge on any atom is 0.177 e. The summed E-state index contributed by atoms with van der Waals surface area (Å²) in [6.45, 7) is 3.80. The zero-order valence-corrected chi connectivity index (χ0v) is 14.4.